The molecular weight excluding hydrogens is 305 g/mol. The van der Waals surface area contributed by atoms with Gasteiger partial charge in [0.2, 0.25) is 0 Å². The molecule has 0 amide bonds. The van der Waals surface area contributed by atoms with Crippen LogP contribution in [-0.4, -0.2) is 19.7 Å². The molecule has 2 aromatic rings. The van der Waals surface area contributed by atoms with Gasteiger partial charge in [0.15, 0.2) is 5.65 Å². The third-order valence-electron chi connectivity index (χ3n) is 2.23. The number of fused-ring (bicyclic) bond motifs is 1. The predicted octanol–water partition coefficient (Wildman–Crippen LogP) is 1.42. The summed E-state index contributed by atoms with van der Waals surface area (Å²) < 4.78 is 2.59. The van der Waals surface area contributed by atoms with Gasteiger partial charge in [-0.3, -0.25) is 0 Å². The molecule has 0 atom stereocenters. The Balaban J connectivity index is 2.37. The second-order valence-electron chi connectivity index (χ2n) is 3.11. The highest BCUT2D eigenvalue weighted by Gasteiger charge is 2.15. The van der Waals surface area contributed by atoms with Crippen LogP contribution in [0.4, 0.5) is 5.82 Å². The van der Waals surface area contributed by atoms with Crippen molar-refractivity contribution in [3.63, 3.8) is 0 Å². The second kappa shape index (κ2) is 3.02. The number of aromatic nitrogens is 4. The highest BCUT2D eigenvalue weighted by molar-refractivity contribution is 14.1. The van der Waals surface area contributed by atoms with Gasteiger partial charge in [0.25, 0.3) is 0 Å². The number of hydrogen-bond acceptors (Lipinski definition) is 4. The summed E-state index contributed by atoms with van der Waals surface area (Å²) in [5.74, 6) is 0.472. The fraction of sp³-hybridized carbons (Fsp3) is 0. The lowest BCUT2D eigenvalue weighted by atomic mass is 10.2. The lowest BCUT2D eigenvalue weighted by Crippen LogP contribution is -2.02. The number of rotatable bonds is 1. The number of halogens is 1. The van der Waals surface area contributed by atoms with Crippen LogP contribution in [0, 0.1) is 3.70 Å². The van der Waals surface area contributed by atoms with Gasteiger partial charge in [-0.2, -0.15) is 5.10 Å². The Bertz CT molecular complexity index is 610. The summed E-state index contributed by atoms with van der Waals surface area (Å²) in [5, 5.41) is 5.19. The molecule has 6 heteroatoms. The largest absolute Gasteiger partial charge is 0.383 e. The zero-order valence-corrected chi connectivity index (χ0v) is 9.71. The van der Waals surface area contributed by atoms with Crippen molar-refractivity contribution in [2.45, 2.75) is 0 Å². The van der Waals surface area contributed by atoms with Crippen molar-refractivity contribution < 1.29 is 0 Å². The Morgan fingerprint density at radius 3 is 2.80 bits per heavy atom. The first-order valence-electron chi connectivity index (χ1n) is 4.31. The average Bonchev–Trinajstić information content (AvgIpc) is 2.43. The number of nitrogens with two attached hydrogens (primary N) is 1. The number of hydrogen-bond donors (Lipinski definition) is 1. The molecule has 74 valence electrons. The molecule has 0 fully saturated rings. The van der Waals surface area contributed by atoms with Crippen LogP contribution in [0.25, 0.3) is 16.7 Å². The average molecular weight is 311 g/mol. The molecular formula is C9H6IN5. The molecule has 0 bridgehead atoms. The zero-order chi connectivity index (χ0) is 10.4. The lowest BCUT2D eigenvalue weighted by Gasteiger charge is -2.07. The molecule has 0 aliphatic heterocycles. The first-order chi connectivity index (χ1) is 7.27. The summed E-state index contributed by atoms with van der Waals surface area (Å²) >= 11 is 2.14. The van der Waals surface area contributed by atoms with Crippen LogP contribution in [0.3, 0.4) is 0 Å². The Morgan fingerprint density at radius 2 is 2.13 bits per heavy atom. The van der Waals surface area contributed by atoms with Gasteiger partial charge in [0, 0.05) is 0 Å². The van der Waals surface area contributed by atoms with Crippen LogP contribution in [0.5, 0.6) is 0 Å². The van der Waals surface area contributed by atoms with Crippen molar-refractivity contribution in [3.05, 3.63) is 28.3 Å². The molecule has 0 saturated heterocycles. The maximum Gasteiger partial charge on any atom is 0.169 e. The minimum atomic E-state index is 0.472. The summed E-state index contributed by atoms with van der Waals surface area (Å²) in [6, 6.07) is 0. The second-order valence-corrected chi connectivity index (χ2v) is 4.13. The molecule has 5 nitrogen and oxygen atoms in total. The minimum absolute atomic E-state index is 0.472. The standard InChI is InChI=1S/C9H6IN5/c10-7-6-8(11)12-4-13-9(6)15(14-7)5-2-1-3-5/h1-4H,(H2,11,12,13). The maximum absolute atomic E-state index is 5.78. The van der Waals surface area contributed by atoms with Gasteiger partial charge in [-0.15, -0.1) is 0 Å². The van der Waals surface area contributed by atoms with Crippen molar-refractivity contribution in [2.75, 3.05) is 5.73 Å². The summed E-state index contributed by atoms with van der Waals surface area (Å²) in [6.07, 6.45) is 7.36. The molecule has 0 radical (unpaired) electrons. The summed E-state index contributed by atoms with van der Waals surface area (Å²) in [4.78, 5) is 8.15. The molecule has 0 saturated carbocycles. The van der Waals surface area contributed by atoms with Crippen molar-refractivity contribution in [1.82, 2.24) is 19.7 Å². The van der Waals surface area contributed by atoms with Crippen LogP contribution in [0.2, 0.25) is 0 Å². The van der Waals surface area contributed by atoms with E-state index in [1.165, 1.54) is 6.33 Å². The monoisotopic (exact) mass is 311 g/mol. The molecule has 15 heavy (non-hydrogen) atoms. The SMILES string of the molecule is Nc1ncnc2c1c(I)nn2C1=CC=C1. The van der Waals surface area contributed by atoms with Gasteiger partial charge in [-0.1, -0.05) is 6.08 Å². The molecule has 1 aliphatic rings. The van der Waals surface area contributed by atoms with Crippen molar-refractivity contribution in [2.24, 2.45) is 0 Å². The Labute approximate surface area is 98.8 Å². The Morgan fingerprint density at radius 1 is 1.33 bits per heavy atom. The summed E-state index contributed by atoms with van der Waals surface area (Å²) in [6.45, 7) is 0. The fourth-order valence-corrected chi connectivity index (χ4v) is 2.17. The summed E-state index contributed by atoms with van der Waals surface area (Å²) in [5.41, 5.74) is 7.55. The van der Waals surface area contributed by atoms with Crippen LogP contribution in [0.1, 0.15) is 0 Å². The van der Waals surface area contributed by atoms with Gasteiger partial charge >= 0.3 is 0 Å². The lowest BCUT2D eigenvalue weighted by molar-refractivity contribution is 0.906. The van der Waals surface area contributed by atoms with Gasteiger partial charge in [-0.25, -0.2) is 14.6 Å². The molecule has 0 unspecified atom stereocenters. The molecule has 1 aliphatic carbocycles. The van der Waals surface area contributed by atoms with E-state index in [1.54, 1.807) is 4.68 Å². The van der Waals surface area contributed by atoms with E-state index in [4.69, 9.17) is 5.73 Å². The molecule has 2 heterocycles. The van der Waals surface area contributed by atoms with Crippen LogP contribution in [0.15, 0.2) is 24.6 Å². The van der Waals surface area contributed by atoms with E-state index in [2.05, 4.69) is 37.7 Å². The third kappa shape index (κ3) is 1.17. The molecule has 2 aromatic heterocycles. The van der Waals surface area contributed by atoms with Crippen molar-refractivity contribution in [3.8, 4) is 0 Å². The van der Waals surface area contributed by atoms with Gasteiger partial charge in [0.1, 0.15) is 15.8 Å². The maximum atomic E-state index is 5.78. The van der Waals surface area contributed by atoms with E-state index in [9.17, 15) is 0 Å². The van der Waals surface area contributed by atoms with E-state index >= 15 is 0 Å². The van der Waals surface area contributed by atoms with E-state index in [1.807, 2.05) is 18.2 Å². The Hall–Kier alpha value is -1.44. The topological polar surface area (TPSA) is 69.6 Å². The first kappa shape index (κ1) is 8.84. The Kier molecular flexibility index (Phi) is 1.78. The molecule has 0 spiro atoms. The molecule has 2 N–H and O–H groups in total. The zero-order valence-electron chi connectivity index (χ0n) is 7.55. The highest BCUT2D eigenvalue weighted by Crippen LogP contribution is 2.26. The minimum Gasteiger partial charge on any atom is -0.383 e. The smallest absolute Gasteiger partial charge is 0.169 e. The van der Waals surface area contributed by atoms with E-state index in [-0.39, 0.29) is 0 Å². The summed E-state index contributed by atoms with van der Waals surface area (Å²) in [7, 11) is 0. The normalized spacial score (nSPS) is 14.1. The number of anilines is 1. The molecule has 3 rings (SSSR count). The highest BCUT2D eigenvalue weighted by atomic mass is 127. The first-order valence-corrected chi connectivity index (χ1v) is 5.38. The van der Waals surface area contributed by atoms with Gasteiger partial charge in [-0.05, 0) is 34.7 Å². The van der Waals surface area contributed by atoms with Gasteiger partial charge in [0.05, 0.1) is 11.1 Å². The van der Waals surface area contributed by atoms with E-state index in [0.29, 0.717) is 5.82 Å². The van der Waals surface area contributed by atoms with E-state index < -0.39 is 0 Å². The quantitative estimate of drug-likeness (QED) is 0.809. The number of nitrogen functional groups attached to an aromatic ring is 1. The predicted molar refractivity (Wildman–Crippen MR) is 65.9 cm³/mol. The van der Waals surface area contributed by atoms with Gasteiger partial charge < -0.3 is 5.73 Å². The van der Waals surface area contributed by atoms with Crippen molar-refractivity contribution >= 4 is 45.1 Å². The van der Waals surface area contributed by atoms with Crippen LogP contribution >= 0.6 is 22.6 Å². The molecule has 0 aromatic carbocycles. The fourth-order valence-electron chi connectivity index (χ4n) is 1.44. The number of nitrogens with zero attached hydrogens (tertiary/aromatic N) is 4. The third-order valence-corrected chi connectivity index (χ3v) is 2.98. The van der Waals surface area contributed by atoms with Crippen molar-refractivity contribution in [1.29, 1.82) is 0 Å². The van der Waals surface area contributed by atoms with Crippen LogP contribution in [-0.2, 0) is 0 Å². The number of allylic oxidation sites excluding steroid dienone is 4. The van der Waals surface area contributed by atoms with E-state index in [0.717, 1.165) is 20.4 Å². The van der Waals surface area contributed by atoms with Crippen LogP contribution < -0.4 is 5.73 Å².